The summed E-state index contributed by atoms with van der Waals surface area (Å²) >= 11 is 0. The Kier molecular flexibility index (Phi) is 21.4. The van der Waals surface area contributed by atoms with Crippen LogP contribution in [0.4, 0.5) is 0 Å². The Morgan fingerprint density at radius 1 is 0.500 bits per heavy atom. The van der Waals surface area contributed by atoms with Crippen LogP contribution in [0.15, 0.2) is 12.4 Å². The number of nitrogens with zero attached hydrogens (tertiary/aromatic N) is 6. The van der Waals surface area contributed by atoms with Gasteiger partial charge in [-0.15, -0.1) is 10.2 Å². The molecule has 0 aliphatic carbocycles. The minimum atomic E-state index is -1.66. The Morgan fingerprint density at radius 3 is 1.16 bits per heavy atom. The maximum Gasteiger partial charge on any atom is 0.217 e. The van der Waals surface area contributed by atoms with E-state index in [2.05, 4.69) is 41.9 Å². The van der Waals surface area contributed by atoms with Gasteiger partial charge in [-0.25, -0.2) is 9.36 Å². The van der Waals surface area contributed by atoms with Crippen LogP contribution in [-0.2, 0) is 70.3 Å². The Bertz CT molecular complexity index is 1980. The second kappa shape index (κ2) is 27.0. The van der Waals surface area contributed by atoms with Crippen molar-refractivity contribution in [3.05, 3.63) is 23.8 Å². The van der Waals surface area contributed by atoms with Gasteiger partial charge < -0.3 is 110 Å². The first-order valence-corrected chi connectivity index (χ1v) is 23.8. The number of carbonyl (C=O) groups excluding carboxylic acids is 4. The third-order valence-corrected chi connectivity index (χ3v) is 12.5. The van der Waals surface area contributed by atoms with Crippen molar-refractivity contribution >= 4 is 23.6 Å². The molecule has 0 radical (unpaired) electrons. The normalized spacial score (nSPS) is 36.5. The standard InChI is InChI=1S/C42H68N10O22/c1-17(57)43-27-35(65)37(73-41-29(45-19(3)59)33(63)31(61)23(11-53)71-41)25(13-55)69-39(27)51-9-21(47-49-51)15-67-7-5-6-8-68-16-22-10-52(50-48-22)40-28(44-18(2)58)36(66)38(26(14-56)70-40)74-42-30(46-20(4)60)34(64)32(62)24(12-54)72-42/h9-10,23-42,53-56,61-66H,5-8,11-16H2,1-4H3,(H,43,57)(H,44,58)(H,45,59)(H,46,60)/t23-,24+,25-,26+,27-,28-,29-,30-,31+,32+,33-,34-,35-,36-,37-,38-,39-,40?,41+,42-/m1/s1. The minimum absolute atomic E-state index is 0.00617. The predicted octanol–water partition coefficient (Wildman–Crippen LogP) is -8.45. The van der Waals surface area contributed by atoms with Gasteiger partial charge in [0, 0.05) is 40.9 Å². The lowest BCUT2D eigenvalue weighted by atomic mass is 9.94. The molecule has 74 heavy (non-hydrogen) atoms. The van der Waals surface area contributed by atoms with Crippen LogP contribution < -0.4 is 21.3 Å². The molecule has 1 unspecified atom stereocenters. The molecule has 4 amide bonds. The lowest BCUT2D eigenvalue weighted by Crippen LogP contribution is -2.68. The Hall–Kier alpha value is -4.56. The molecule has 4 aliphatic rings. The third-order valence-electron chi connectivity index (χ3n) is 12.5. The number of hydrogen-bond acceptors (Lipinski definition) is 26. The van der Waals surface area contributed by atoms with Gasteiger partial charge in [-0.05, 0) is 12.8 Å². The molecule has 4 fully saturated rings. The largest absolute Gasteiger partial charge is 0.394 e. The summed E-state index contributed by atoms with van der Waals surface area (Å²) in [5.74, 6) is -2.39. The second-order valence-electron chi connectivity index (χ2n) is 18.2. The number of aliphatic hydroxyl groups is 10. The average molecular weight is 1070 g/mol. The number of carbonyl (C=O) groups is 4. The predicted molar refractivity (Wildman–Crippen MR) is 238 cm³/mol. The molecule has 0 spiro atoms. The van der Waals surface area contributed by atoms with E-state index in [0.717, 1.165) is 13.8 Å². The van der Waals surface area contributed by atoms with Crippen LogP contribution in [-0.4, -0.2) is 254 Å². The number of rotatable bonds is 23. The van der Waals surface area contributed by atoms with Gasteiger partial charge in [0.2, 0.25) is 23.6 Å². The van der Waals surface area contributed by atoms with E-state index in [-0.39, 0.29) is 26.4 Å². The van der Waals surface area contributed by atoms with Gasteiger partial charge in [-0.3, -0.25) is 19.2 Å². The number of nitrogens with one attached hydrogen (secondary N) is 4. The summed E-state index contributed by atoms with van der Waals surface area (Å²) in [4.78, 5) is 48.6. The number of amides is 4. The second-order valence-corrected chi connectivity index (χ2v) is 18.2. The molecule has 4 aliphatic heterocycles. The Morgan fingerprint density at radius 2 is 0.838 bits per heavy atom. The van der Waals surface area contributed by atoms with Crippen molar-refractivity contribution in [3.8, 4) is 0 Å². The molecule has 0 saturated carbocycles. The fourth-order valence-electron chi connectivity index (χ4n) is 8.99. The lowest BCUT2D eigenvalue weighted by molar-refractivity contribution is -0.319. The summed E-state index contributed by atoms with van der Waals surface area (Å²) in [6, 6.07) is -5.28. The number of unbranched alkanes of at least 4 members (excludes halogenated alkanes) is 1. The summed E-state index contributed by atoms with van der Waals surface area (Å²) in [5, 5.41) is 132. The summed E-state index contributed by atoms with van der Waals surface area (Å²) in [6.45, 7) is 2.30. The highest BCUT2D eigenvalue weighted by Gasteiger charge is 2.54. The summed E-state index contributed by atoms with van der Waals surface area (Å²) in [7, 11) is 0. The van der Waals surface area contributed by atoms with Gasteiger partial charge in [0.15, 0.2) is 25.0 Å². The van der Waals surface area contributed by atoms with Gasteiger partial charge in [0.1, 0.15) is 109 Å². The summed E-state index contributed by atoms with van der Waals surface area (Å²) in [5.41, 5.74) is 0.682. The van der Waals surface area contributed by atoms with Crippen LogP contribution in [0.2, 0.25) is 0 Å². The highest BCUT2D eigenvalue weighted by Crippen LogP contribution is 2.35. The van der Waals surface area contributed by atoms with E-state index in [1.165, 1.54) is 35.6 Å². The zero-order valence-corrected chi connectivity index (χ0v) is 40.8. The summed E-state index contributed by atoms with van der Waals surface area (Å²) < 4.78 is 49.4. The van der Waals surface area contributed by atoms with Gasteiger partial charge in [-0.2, -0.15) is 0 Å². The minimum Gasteiger partial charge on any atom is -0.394 e. The monoisotopic (exact) mass is 1060 g/mol. The molecule has 418 valence electrons. The van der Waals surface area contributed by atoms with Crippen LogP contribution >= 0.6 is 0 Å². The van der Waals surface area contributed by atoms with Crippen LogP contribution in [0.3, 0.4) is 0 Å². The van der Waals surface area contributed by atoms with E-state index in [9.17, 15) is 70.2 Å². The topological polar surface area (TPSA) is 454 Å². The molecule has 0 aromatic carbocycles. The van der Waals surface area contributed by atoms with Crippen molar-refractivity contribution in [1.29, 1.82) is 0 Å². The zero-order chi connectivity index (χ0) is 54.0. The molecule has 4 saturated heterocycles. The van der Waals surface area contributed by atoms with Gasteiger partial charge in [-0.1, -0.05) is 10.4 Å². The smallest absolute Gasteiger partial charge is 0.217 e. The van der Waals surface area contributed by atoms with Crippen molar-refractivity contribution in [2.45, 2.75) is 176 Å². The first kappa shape index (κ1) is 58.7. The molecule has 32 heteroatoms. The quantitative estimate of drug-likeness (QED) is 0.0460. The molecule has 2 aromatic heterocycles. The van der Waals surface area contributed by atoms with Gasteiger partial charge >= 0.3 is 0 Å². The first-order chi connectivity index (χ1) is 35.3. The van der Waals surface area contributed by atoms with E-state index >= 15 is 0 Å². The number of hydrogen-bond donors (Lipinski definition) is 14. The molecule has 0 bridgehead atoms. The Balaban J connectivity index is 0.980. The van der Waals surface area contributed by atoms with Gasteiger partial charge in [0.05, 0.1) is 52.0 Å². The molecule has 6 heterocycles. The molecule has 6 rings (SSSR count). The summed E-state index contributed by atoms with van der Waals surface area (Å²) in [6.07, 6.45) is -19.6. The third kappa shape index (κ3) is 14.3. The molecule has 2 aromatic rings. The van der Waals surface area contributed by atoms with Crippen molar-refractivity contribution in [3.63, 3.8) is 0 Å². The van der Waals surface area contributed by atoms with Crippen molar-refractivity contribution < 1.29 is 108 Å². The fourth-order valence-corrected chi connectivity index (χ4v) is 8.99. The van der Waals surface area contributed by atoms with Crippen molar-refractivity contribution in [2.24, 2.45) is 0 Å². The Labute approximate surface area is 422 Å². The fraction of sp³-hybridized carbons (Fsp3) is 0.810. The molecular formula is C42H68N10O22. The van der Waals surface area contributed by atoms with Gasteiger partial charge in [0.25, 0.3) is 0 Å². The zero-order valence-electron chi connectivity index (χ0n) is 40.8. The van der Waals surface area contributed by atoms with Crippen LogP contribution in [0.25, 0.3) is 0 Å². The van der Waals surface area contributed by atoms with Crippen LogP contribution in [0, 0.1) is 0 Å². The van der Waals surface area contributed by atoms with E-state index in [1.54, 1.807) is 0 Å². The number of ether oxygens (including phenoxy) is 8. The van der Waals surface area contributed by atoms with E-state index < -0.39 is 173 Å². The van der Waals surface area contributed by atoms with Crippen molar-refractivity contribution in [2.75, 3.05) is 39.6 Å². The lowest BCUT2D eigenvalue weighted by Gasteiger charge is -2.48. The highest BCUT2D eigenvalue weighted by molar-refractivity contribution is 5.74. The maximum atomic E-state index is 12.3. The molecule has 32 nitrogen and oxygen atoms in total. The average Bonchev–Trinajstić information content (AvgIpc) is 4.04. The van der Waals surface area contributed by atoms with E-state index in [1.807, 2.05) is 0 Å². The SMILES string of the molecule is CC(=O)N[C@@H]1[C@@H](O)[C@H](O[C@@H]2O[C@H](CO)[C@H](O)[C@H](O)[C@H]2NC(C)=O)[C@@H](CO)O[C@H]1n1cc(COCCCCOCc2cn(C3O[C@@H](CO)[C@@H](O[C@H]4O[C@@H](CO)[C@H](O)[C@H](O)[C@H]4NC(C)=O)[C@H](O)[C@H]3NC(C)=O)nn2)nn1. The molecule has 14 N–H and O–H groups in total. The first-order valence-electron chi connectivity index (χ1n) is 23.8. The van der Waals surface area contributed by atoms with E-state index in [0.29, 0.717) is 24.2 Å². The maximum absolute atomic E-state index is 12.3. The molecule has 20 atom stereocenters. The molecular weight excluding hydrogens is 997 g/mol. The van der Waals surface area contributed by atoms with Crippen LogP contribution in [0.5, 0.6) is 0 Å². The highest BCUT2D eigenvalue weighted by atomic mass is 16.7. The number of aromatic nitrogens is 6. The van der Waals surface area contributed by atoms with E-state index in [4.69, 9.17) is 37.9 Å². The van der Waals surface area contributed by atoms with Crippen LogP contribution in [0.1, 0.15) is 64.4 Å². The van der Waals surface area contributed by atoms with Crippen molar-refractivity contribution in [1.82, 2.24) is 51.3 Å². The number of aliphatic hydroxyl groups excluding tert-OH is 10.